The molecule has 0 fully saturated rings. The molecule has 6 heteroatoms. The van der Waals surface area contributed by atoms with Crippen LogP contribution in [0.4, 0.5) is 5.69 Å². The number of thiazole rings is 1. The number of hydrogen-bond acceptors (Lipinski definition) is 4. The van der Waals surface area contributed by atoms with Crippen molar-refractivity contribution in [3.05, 3.63) is 34.4 Å². The van der Waals surface area contributed by atoms with E-state index in [1.807, 2.05) is 24.9 Å². The largest absolute Gasteiger partial charge is 0.377 e. The molecule has 0 unspecified atom stereocenters. The van der Waals surface area contributed by atoms with E-state index in [1.165, 1.54) is 11.4 Å². The van der Waals surface area contributed by atoms with Crippen LogP contribution in [-0.4, -0.2) is 19.2 Å². The third-order valence-electron chi connectivity index (χ3n) is 3.29. The standard InChI is InChI=1S/C13H17N5S/c1-8-7-19-13-15-10(3)12(18(8)13)5-14-11-6-17(4)16-9(11)2/h6-7,14H,5H2,1-4H3. The second kappa shape index (κ2) is 4.38. The third-order valence-corrected chi connectivity index (χ3v) is 4.23. The lowest BCUT2D eigenvalue weighted by atomic mass is 10.3. The number of nitrogens with one attached hydrogen (secondary N) is 1. The molecular weight excluding hydrogens is 258 g/mol. The molecule has 100 valence electrons. The van der Waals surface area contributed by atoms with Crippen molar-refractivity contribution in [3.63, 3.8) is 0 Å². The Bertz CT molecular complexity index is 734. The molecular formula is C13H17N5S. The fourth-order valence-electron chi connectivity index (χ4n) is 2.33. The van der Waals surface area contributed by atoms with E-state index in [-0.39, 0.29) is 0 Å². The summed E-state index contributed by atoms with van der Waals surface area (Å²) in [6.07, 6.45) is 2.00. The highest BCUT2D eigenvalue weighted by Crippen LogP contribution is 2.21. The number of rotatable bonds is 3. The lowest BCUT2D eigenvalue weighted by molar-refractivity contribution is 0.756. The molecule has 3 heterocycles. The van der Waals surface area contributed by atoms with Gasteiger partial charge in [-0.3, -0.25) is 9.08 Å². The summed E-state index contributed by atoms with van der Waals surface area (Å²) in [4.78, 5) is 5.66. The quantitative estimate of drug-likeness (QED) is 0.799. The second-order valence-electron chi connectivity index (χ2n) is 4.79. The molecule has 19 heavy (non-hydrogen) atoms. The van der Waals surface area contributed by atoms with E-state index in [9.17, 15) is 0 Å². The van der Waals surface area contributed by atoms with Crippen molar-refractivity contribution in [2.75, 3.05) is 5.32 Å². The van der Waals surface area contributed by atoms with Gasteiger partial charge in [0.1, 0.15) is 0 Å². The van der Waals surface area contributed by atoms with Gasteiger partial charge in [-0.15, -0.1) is 11.3 Å². The molecule has 0 aromatic carbocycles. The Morgan fingerprint density at radius 1 is 1.26 bits per heavy atom. The smallest absolute Gasteiger partial charge is 0.194 e. The van der Waals surface area contributed by atoms with Gasteiger partial charge in [0.25, 0.3) is 0 Å². The Morgan fingerprint density at radius 2 is 2.05 bits per heavy atom. The molecule has 0 aliphatic heterocycles. The van der Waals surface area contributed by atoms with Gasteiger partial charge in [0, 0.05) is 24.3 Å². The van der Waals surface area contributed by atoms with Crippen LogP contribution in [-0.2, 0) is 13.6 Å². The maximum atomic E-state index is 4.59. The van der Waals surface area contributed by atoms with Gasteiger partial charge in [-0.05, 0) is 20.8 Å². The van der Waals surface area contributed by atoms with Crippen molar-refractivity contribution < 1.29 is 0 Å². The number of aromatic nitrogens is 4. The van der Waals surface area contributed by atoms with Crippen LogP contribution in [0.1, 0.15) is 22.8 Å². The van der Waals surface area contributed by atoms with Crippen LogP contribution in [0, 0.1) is 20.8 Å². The Morgan fingerprint density at radius 3 is 2.74 bits per heavy atom. The molecule has 0 atom stereocenters. The lowest BCUT2D eigenvalue weighted by Gasteiger charge is -2.06. The molecule has 0 amide bonds. The van der Waals surface area contributed by atoms with Crippen LogP contribution >= 0.6 is 11.3 Å². The molecule has 0 radical (unpaired) electrons. The molecule has 0 spiro atoms. The predicted octanol–water partition coefficient (Wildman–Crippen LogP) is 2.67. The summed E-state index contributed by atoms with van der Waals surface area (Å²) in [7, 11) is 1.93. The fraction of sp³-hybridized carbons (Fsp3) is 0.385. The van der Waals surface area contributed by atoms with Gasteiger partial charge in [0.15, 0.2) is 4.96 Å². The third kappa shape index (κ3) is 2.02. The van der Waals surface area contributed by atoms with E-state index < -0.39 is 0 Å². The summed E-state index contributed by atoms with van der Waals surface area (Å²) in [6.45, 7) is 6.95. The number of fused-ring (bicyclic) bond motifs is 1. The maximum Gasteiger partial charge on any atom is 0.194 e. The summed E-state index contributed by atoms with van der Waals surface area (Å²) in [5, 5.41) is 9.92. The number of imidazole rings is 1. The first kappa shape index (κ1) is 12.2. The summed E-state index contributed by atoms with van der Waals surface area (Å²) < 4.78 is 4.05. The molecule has 0 aliphatic carbocycles. The summed E-state index contributed by atoms with van der Waals surface area (Å²) in [5.74, 6) is 0. The number of hydrogen-bond donors (Lipinski definition) is 1. The van der Waals surface area contributed by atoms with E-state index in [4.69, 9.17) is 0 Å². The van der Waals surface area contributed by atoms with Crippen molar-refractivity contribution in [2.45, 2.75) is 27.3 Å². The minimum absolute atomic E-state index is 0.761. The first-order valence-corrected chi connectivity index (χ1v) is 7.10. The Hall–Kier alpha value is -1.82. The highest BCUT2D eigenvalue weighted by molar-refractivity contribution is 7.15. The van der Waals surface area contributed by atoms with Gasteiger partial charge in [-0.2, -0.15) is 5.10 Å². The van der Waals surface area contributed by atoms with E-state index in [2.05, 4.69) is 39.0 Å². The fourth-order valence-corrected chi connectivity index (χ4v) is 3.26. The van der Waals surface area contributed by atoms with Crippen molar-refractivity contribution >= 4 is 22.0 Å². The number of aryl methyl sites for hydroxylation is 4. The minimum atomic E-state index is 0.761. The average molecular weight is 275 g/mol. The van der Waals surface area contributed by atoms with Crippen LogP contribution in [0.15, 0.2) is 11.6 Å². The molecule has 1 N–H and O–H groups in total. The van der Waals surface area contributed by atoms with Gasteiger partial charge in [-0.25, -0.2) is 4.98 Å². The zero-order chi connectivity index (χ0) is 13.6. The van der Waals surface area contributed by atoms with E-state index in [1.54, 1.807) is 11.3 Å². The van der Waals surface area contributed by atoms with Crippen LogP contribution in [0.25, 0.3) is 4.96 Å². The topological polar surface area (TPSA) is 47.2 Å². The molecule has 0 bridgehead atoms. The number of anilines is 1. The van der Waals surface area contributed by atoms with Crippen LogP contribution in [0.2, 0.25) is 0 Å². The summed E-state index contributed by atoms with van der Waals surface area (Å²) >= 11 is 1.69. The average Bonchev–Trinajstić information content (AvgIpc) is 2.94. The van der Waals surface area contributed by atoms with Crippen LogP contribution in [0.5, 0.6) is 0 Å². The zero-order valence-corrected chi connectivity index (χ0v) is 12.4. The highest BCUT2D eigenvalue weighted by atomic mass is 32.1. The van der Waals surface area contributed by atoms with Crippen molar-refractivity contribution in [2.24, 2.45) is 7.05 Å². The Labute approximate surface area is 115 Å². The normalized spacial score (nSPS) is 11.4. The molecule has 0 saturated carbocycles. The molecule has 0 saturated heterocycles. The van der Waals surface area contributed by atoms with E-state index in [0.29, 0.717) is 0 Å². The minimum Gasteiger partial charge on any atom is -0.377 e. The first-order chi connectivity index (χ1) is 9.06. The second-order valence-corrected chi connectivity index (χ2v) is 5.63. The van der Waals surface area contributed by atoms with E-state index in [0.717, 1.165) is 28.6 Å². The highest BCUT2D eigenvalue weighted by Gasteiger charge is 2.12. The zero-order valence-electron chi connectivity index (χ0n) is 11.6. The van der Waals surface area contributed by atoms with Gasteiger partial charge in [-0.1, -0.05) is 0 Å². The monoisotopic (exact) mass is 275 g/mol. The molecule has 3 rings (SSSR count). The Balaban J connectivity index is 1.91. The molecule has 5 nitrogen and oxygen atoms in total. The van der Waals surface area contributed by atoms with Gasteiger partial charge >= 0.3 is 0 Å². The SMILES string of the molecule is Cc1nn(C)cc1NCc1c(C)nc2scc(C)n12. The molecule has 3 aromatic rings. The van der Waals surface area contributed by atoms with Gasteiger partial charge in [0.2, 0.25) is 0 Å². The number of nitrogens with zero attached hydrogens (tertiary/aromatic N) is 4. The van der Waals surface area contributed by atoms with Crippen molar-refractivity contribution in [1.82, 2.24) is 19.2 Å². The van der Waals surface area contributed by atoms with E-state index >= 15 is 0 Å². The summed E-state index contributed by atoms with van der Waals surface area (Å²) in [6, 6.07) is 0. The first-order valence-electron chi connectivity index (χ1n) is 6.22. The summed E-state index contributed by atoms with van der Waals surface area (Å²) in [5.41, 5.74) is 5.63. The molecule has 3 aromatic heterocycles. The van der Waals surface area contributed by atoms with Gasteiger partial charge in [0.05, 0.1) is 29.3 Å². The van der Waals surface area contributed by atoms with Crippen LogP contribution in [0.3, 0.4) is 0 Å². The maximum absolute atomic E-state index is 4.59. The lowest BCUT2D eigenvalue weighted by Crippen LogP contribution is -2.05. The van der Waals surface area contributed by atoms with Crippen LogP contribution < -0.4 is 5.32 Å². The molecule has 0 aliphatic rings. The predicted molar refractivity (Wildman–Crippen MR) is 77.8 cm³/mol. The Kier molecular flexibility index (Phi) is 2.82. The van der Waals surface area contributed by atoms with Crippen molar-refractivity contribution in [3.8, 4) is 0 Å². The van der Waals surface area contributed by atoms with Crippen molar-refractivity contribution in [1.29, 1.82) is 0 Å². The van der Waals surface area contributed by atoms with Gasteiger partial charge < -0.3 is 5.32 Å².